The van der Waals surface area contributed by atoms with Gasteiger partial charge in [-0.25, -0.2) is 0 Å². The van der Waals surface area contributed by atoms with Gasteiger partial charge >= 0.3 is 0 Å². The molecule has 6 nitrogen and oxygen atoms in total. The molecule has 2 aromatic rings. The average Bonchev–Trinajstić information content (AvgIpc) is 2.99. The summed E-state index contributed by atoms with van der Waals surface area (Å²) in [7, 11) is 0. The van der Waals surface area contributed by atoms with Crippen LogP contribution in [0.5, 0.6) is 0 Å². The van der Waals surface area contributed by atoms with Crippen LogP contribution in [0.25, 0.3) is 0 Å². The number of amides is 1. The Kier molecular flexibility index (Phi) is 5.09. The number of hydrogen-bond donors (Lipinski definition) is 1. The summed E-state index contributed by atoms with van der Waals surface area (Å²) in [5, 5.41) is 13.3. The summed E-state index contributed by atoms with van der Waals surface area (Å²) in [6.45, 7) is 0.509. The highest BCUT2D eigenvalue weighted by Crippen LogP contribution is 2.12. The number of benzene rings is 1. The molecule has 0 radical (unpaired) electrons. The van der Waals surface area contributed by atoms with Gasteiger partial charge in [0, 0.05) is 31.5 Å². The van der Waals surface area contributed by atoms with Crippen molar-refractivity contribution in [3.05, 3.63) is 64.1 Å². The lowest BCUT2D eigenvalue weighted by Crippen LogP contribution is -2.25. The van der Waals surface area contributed by atoms with E-state index in [4.69, 9.17) is 4.42 Å². The molecule has 1 aromatic heterocycles. The molecule has 6 heteroatoms. The SMILES string of the molecule is O=C(CCc1ccco1)NCCc1ccc([N+](=O)[O-])cc1. The Hall–Kier alpha value is -2.63. The Balaban J connectivity index is 1.68. The fourth-order valence-corrected chi connectivity index (χ4v) is 1.91. The van der Waals surface area contributed by atoms with Crippen LogP contribution in [0.15, 0.2) is 47.1 Å². The van der Waals surface area contributed by atoms with Gasteiger partial charge in [-0.15, -0.1) is 0 Å². The molecule has 0 saturated heterocycles. The van der Waals surface area contributed by atoms with Crippen LogP contribution in [0.1, 0.15) is 17.7 Å². The van der Waals surface area contributed by atoms with Gasteiger partial charge in [-0.2, -0.15) is 0 Å². The zero-order valence-corrected chi connectivity index (χ0v) is 11.5. The molecule has 1 N–H and O–H groups in total. The first-order valence-corrected chi connectivity index (χ1v) is 6.67. The molecule has 0 unspecified atom stereocenters. The van der Waals surface area contributed by atoms with E-state index in [0.717, 1.165) is 11.3 Å². The normalized spacial score (nSPS) is 10.3. The maximum atomic E-state index is 11.6. The Bertz CT molecular complexity index is 591. The van der Waals surface area contributed by atoms with Gasteiger partial charge in [0.2, 0.25) is 5.91 Å². The second kappa shape index (κ2) is 7.23. The van der Waals surface area contributed by atoms with Gasteiger partial charge in [0.15, 0.2) is 0 Å². The predicted molar refractivity (Wildman–Crippen MR) is 76.8 cm³/mol. The smallest absolute Gasteiger partial charge is 0.269 e. The van der Waals surface area contributed by atoms with E-state index in [1.807, 2.05) is 6.07 Å². The van der Waals surface area contributed by atoms with Gasteiger partial charge in [0.25, 0.3) is 5.69 Å². The third-order valence-corrected chi connectivity index (χ3v) is 3.06. The van der Waals surface area contributed by atoms with Crippen LogP contribution in [-0.4, -0.2) is 17.4 Å². The van der Waals surface area contributed by atoms with Crippen molar-refractivity contribution in [2.24, 2.45) is 0 Å². The van der Waals surface area contributed by atoms with E-state index in [2.05, 4.69) is 5.32 Å². The Morgan fingerprint density at radius 2 is 1.95 bits per heavy atom. The zero-order valence-electron chi connectivity index (χ0n) is 11.5. The number of nitrogens with one attached hydrogen (secondary N) is 1. The van der Waals surface area contributed by atoms with Gasteiger partial charge in [0.05, 0.1) is 11.2 Å². The van der Waals surface area contributed by atoms with Gasteiger partial charge < -0.3 is 9.73 Å². The first kappa shape index (κ1) is 14.8. The van der Waals surface area contributed by atoms with Crippen molar-refractivity contribution >= 4 is 11.6 Å². The monoisotopic (exact) mass is 288 g/mol. The second-order valence-electron chi connectivity index (χ2n) is 4.60. The van der Waals surface area contributed by atoms with Crippen molar-refractivity contribution in [1.82, 2.24) is 5.32 Å². The third-order valence-electron chi connectivity index (χ3n) is 3.06. The fourth-order valence-electron chi connectivity index (χ4n) is 1.91. The molecule has 0 bridgehead atoms. The maximum Gasteiger partial charge on any atom is 0.269 e. The van der Waals surface area contributed by atoms with Crippen LogP contribution in [0.4, 0.5) is 5.69 Å². The van der Waals surface area contributed by atoms with Gasteiger partial charge in [-0.3, -0.25) is 14.9 Å². The molecule has 2 rings (SSSR count). The molecule has 0 fully saturated rings. The van der Waals surface area contributed by atoms with E-state index in [-0.39, 0.29) is 11.6 Å². The Morgan fingerprint density at radius 3 is 2.57 bits per heavy atom. The Labute approximate surface area is 121 Å². The maximum absolute atomic E-state index is 11.6. The third kappa shape index (κ3) is 4.76. The summed E-state index contributed by atoms with van der Waals surface area (Å²) in [5.74, 6) is 0.758. The summed E-state index contributed by atoms with van der Waals surface area (Å²) in [6, 6.07) is 9.97. The topological polar surface area (TPSA) is 85.4 Å². The van der Waals surface area contributed by atoms with Gasteiger partial charge in [0.1, 0.15) is 5.76 Å². The highest BCUT2D eigenvalue weighted by atomic mass is 16.6. The van der Waals surface area contributed by atoms with Crippen LogP contribution >= 0.6 is 0 Å². The van der Waals surface area contributed by atoms with Crippen LogP contribution < -0.4 is 5.32 Å². The molecule has 1 heterocycles. The molecule has 110 valence electrons. The van der Waals surface area contributed by atoms with E-state index < -0.39 is 4.92 Å². The summed E-state index contributed by atoms with van der Waals surface area (Å²) in [4.78, 5) is 21.7. The number of hydrogen-bond acceptors (Lipinski definition) is 4. The first-order chi connectivity index (χ1) is 10.1. The quantitative estimate of drug-likeness (QED) is 0.626. The first-order valence-electron chi connectivity index (χ1n) is 6.67. The molecular weight excluding hydrogens is 272 g/mol. The van der Waals surface area contributed by atoms with Crippen molar-refractivity contribution < 1.29 is 14.1 Å². The molecular formula is C15H16N2O4. The number of carbonyl (C=O) groups excluding carboxylic acids is 1. The highest BCUT2D eigenvalue weighted by Gasteiger charge is 2.05. The number of nitro benzene ring substituents is 1. The summed E-state index contributed by atoms with van der Waals surface area (Å²) in [6.07, 6.45) is 3.19. The zero-order chi connectivity index (χ0) is 15.1. The van der Waals surface area contributed by atoms with E-state index >= 15 is 0 Å². The van der Waals surface area contributed by atoms with E-state index in [1.165, 1.54) is 12.1 Å². The Morgan fingerprint density at radius 1 is 1.19 bits per heavy atom. The van der Waals surface area contributed by atoms with Crippen LogP contribution in [0.3, 0.4) is 0 Å². The minimum atomic E-state index is -0.430. The van der Waals surface area contributed by atoms with Crippen molar-refractivity contribution in [3.8, 4) is 0 Å². The van der Waals surface area contributed by atoms with Crippen molar-refractivity contribution in [3.63, 3.8) is 0 Å². The molecule has 21 heavy (non-hydrogen) atoms. The van der Waals surface area contributed by atoms with Gasteiger partial charge in [-0.05, 0) is 24.1 Å². The minimum Gasteiger partial charge on any atom is -0.469 e. The molecule has 1 amide bonds. The number of nitro groups is 1. The van der Waals surface area contributed by atoms with Crippen molar-refractivity contribution in [2.45, 2.75) is 19.3 Å². The lowest BCUT2D eigenvalue weighted by atomic mass is 10.1. The number of nitrogens with zero attached hydrogens (tertiary/aromatic N) is 1. The molecule has 0 aliphatic rings. The molecule has 0 aliphatic carbocycles. The molecule has 1 aromatic carbocycles. The molecule has 0 saturated carbocycles. The number of aryl methyl sites for hydroxylation is 1. The average molecular weight is 288 g/mol. The lowest BCUT2D eigenvalue weighted by Gasteiger charge is -2.04. The number of non-ortho nitro benzene ring substituents is 1. The largest absolute Gasteiger partial charge is 0.469 e. The molecule has 0 aliphatic heterocycles. The highest BCUT2D eigenvalue weighted by molar-refractivity contribution is 5.76. The van der Waals surface area contributed by atoms with Crippen molar-refractivity contribution in [1.29, 1.82) is 0 Å². The summed E-state index contributed by atoms with van der Waals surface area (Å²) < 4.78 is 5.15. The van der Waals surface area contributed by atoms with Gasteiger partial charge in [-0.1, -0.05) is 12.1 Å². The van der Waals surface area contributed by atoms with Crippen molar-refractivity contribution in [2.75, 3.05) is 6.54 Å². The number of furan rings is 1. The van der Waals surface area contributed by atoms with Crippen LogP contribution in [0, 0.1) is 10.1 Å². The summed E-state index contributed by atoms with van der Waals surface area (Å²) in [5.41, 5.74) is 1.02. The second-order valence-corrected chi connectivity index (χ2v) is 4.60. The van der Waals surface area contributed by atoms with Crippen LogP contribution in [0.2, 0.25) is 0 Å². The minimum absolute atomic E-state index is 0.0340. The predicted octanol–water partition coefficient (Wildman–Crippen LogP) is 2.48. The number of carbonyl (C=O) groups is 1. The van der Waals surface area contributed by atoms with E-state index in [1.54, 1.807) is 24.5 Å². The summed E-state index contributed by atoms with van der Waals surface area (Å²) >= 11 is 0. The molecule has 0 atom stereocenters. The fraction of sp³-hybridized carbons (Fsp3) is 0.267. The molecule has 0 spiro atoms. The standard InChI is InChI=1S/C15H16N2O4/c18-15(8-7-14-2-1-11-21-14)16-10-9-12-3-5-13(6-4-12)17(19)20/h1-6,11H,7-10H2,(H,16,18). The van der Waals surface area contributed by atoms with E-state index in [9.17, 15) is 14.9 Å². The lowest BCUT2D eigenvalue weighted by molar-refractivity contribution is -0.384. The van der Waals surface area contributed by atoms with Crippen LogP contribution in [-0.2, 0) is 17.6 Å². The number of rotatable bonds is 7. The van der Waals surface area contributed by atoms with E-state index in [0.29, 0.717) is 25.8 Å².